The Kier molecular flexibility index (Phi) is 10.6. The van der Waals surface area contributed by atoms with E-state index in [2.05, 4.69) is 9.37 Å². The quantitative estimate of drug-likeness (QED) is 0.112. The predicted molar refractivity (Wildman–Crippen MR) is 110 cm³/mol. The lowest BCUT2D eigenvalue weighted by molar-refractivity contribution is -0.777. The van der Waals surface area contributed by atoms with Crippen molar-refractivity contribution in [3.63, 3.8) is 0 Å². The van der Waals surface area contributed by atoms with Gasteiger partial charge in [-0.3, -0.25) is 9.22 Å². The SMILES string of the molecule is CC[C@H]1OC2(C)CCOC[C@@H](C1O)[C@H]2COC[C@@H]1OC(CO)[C@@H](OSOO[O-])[C@@H](CO)C1O. The third-order valence-electron chi connectivity index (χ3n) is 7.13. The number of ether oxygens (including phenoxy) is 4. The molecule has 12 nitrogen and oxygen atoms in total. The Balaban J connectivity index is 1.62. The van der Waals surface area contributed by atoms with Crippen LogP contribution >= 0.6 is 12.3 Å². The summed E-state index contributed by atoms with van der Waals surface area (Å²) in [4.78, 5) is 0. The molecule has 10 atom stereocenters. The molecular formula is C20H35O12S-. The topological polar surface area (TPSA) is 169 Å². The third kappa shape index (κ3) is 6.17. The molecule has 3 heterocycles. The molecule has 0 saturated carbocycles. The Bertz CT molecular complexity index is 587. The van der Waals surface area contributed by atoms with Crippen LogP contribution in [-0.4, -0.2) is 102 Å². The zero-order valence-corrected chi connectivity index (χ0v) is 19.6. The zero-order valence-electron chi connectivity index (χ0n) is 18.8. The predicted octanol–water partition coefficient (Wildman–Crippen LogP) is -1.51. The van der Waals surface area contributed by atoms with Gasteiger partial charge in [-0.05, 0) is 19.8 Å². The fourth-order valence-corrected chi connectivity index (χ4v) is 5.60. The maximum Gasteiger partial charge on any atom is 0.193 e. The molecule has 4 unspecified atom stereocenters. The smallest absolute Gasteiger partial charge is 0.193 e. The first kappa shape index (κ1) is 27.5. The van der Waals surface area contributed by atoms with Crippen LogP contribution in [0.25, 0.3) is 0 Å². The summed E-state index contributed by atoms with van der Waals surface area (Å²) in [7, 11) is 0. The highest BCUT2D eigenvalue weighted by Gasteiger charge is 2.52. The molecule has 0 spiro atoms. The first-order valence-electron chi connectivity index (χ1n) is 11.2. The van der Waals surface area contributed by atoms with Crippen LogP contribution in [0.3, 0.4) is 0 Å². The largest absolute Gasteiger partial charge is 0.691 e. The molecule has 0 aromatic heterocycles. The maximum absolute atomic E-state index is 10.8. The number of hydrogen-bond acceptors (Lipinski definition) is 13. The van der Waals surface area contributed by atoms with Gasteiger partial charge in [-0.15, -0.1) is 4.33 Å². The molecule has 0 amide bonds. The van der Waals surface area contributed by atoms with Gasteiger partial charge in [0.2, 0.25) is 0 Å². The summed E-state index contributed by atoms with van der Waals surface area (Å²) in [5, 5.41) is 54.2. The molecule has 0 aromatic carbocycles. The highest BCUT2D eigenvalue weighted by Crippen LogP contribution is 2.43. The summed E-state index contributed by atoms with van der Waals surface area (Å²) in [6.07, 6.45) is -3.43. The number of aliphatic hydroxyl groups excluding tert-OH is 4. The number of fused-ring (bicyclic) bond motifs is 2. The number of aliphatic hydroxyl groups is 4. The average Bonchev–Trinajstić information content (AvgIpc) is 2.93. The van der Waals surface area contributed by atoms with Crippen LogP contribution in [0.2, 0.25) is 0 Å². The van der Waals surface area contributed by atoms with Crippen molar-refractivity contribution in [1.29, 1.82) is 0 Å². The molecule has 3 fully saturated rings. The number of hydrogen-bond donors (Lipinski definition) is 4. The zero-order chi connectivity index (χ0) is 24.0. The van der Waals surface area contributed by atoms with Gasteiger partial charge in [-0.1, -0.05) is 6.92 Å². The van der Waals surface area contributed by atoms with E-state index in [9.17, 15) is 25.7 Å². The van der Waals surface area contributed by atoms with Crippen LogP contribution in [0.5, 0.6) is 0 Å². The Hall–Kier alpha value is -0.130. The van der Waals surface area contributed by atoms with Crippen molar-refractivity contribution in [3.05, 3.63) is 0 Å². The molecule has 4 N–H and O–H groups in total. The lowest BCUT2D eigenvalue weighted by Gasteiger charge is -2.50. The van der Waals surface area contributed by atoms with Crippen LogP contribution in [0.1, 0.15) is 26.7 Å². The molecule has 194 valence electrons. The van der Waals surface area contributed by atoms with Gasteiger partial charge < -0.3 is 44.6 Å². The second-order valence-electron chi connectivity index (χ2n) is 9.00. The monoisotopic (exact) mass is 499 g/mol. The van der Waals surface area contributed by atoms with Gasteiger partial charge in [-0.25, -0.2) is 0 Å². The van der Waals surface area contributed by atoms with E-state index in [-0.39, 0.29) is 43.5 Å². The Labute approximate surface area is 197 Å². The molecule has 0 aromatic rings. The normalized spacial score (nSPS) is 43.9. The average molecular weight is 500 g/mol. The standard InChI is InChI=1S/C20H36O12S/c1-3-14-18(24)12-8-26-5-4-20(2,29-14)13(12)9-27-10-16-17(23)11(6-21)19(15(7-22)28-16)30-33-32-31-25/h11-19,21-25H,3-10H2,1-2H3/p-1/t11-,12+,13+,14+,15?,16-,17?,18?,19-,20?/m0/s1. The van der Waals surface area contributed by atoms with Crippen molar-refractivity contribution in [2.75, 3.05) is 39.6 Å². The minimum atomic E-state index is -1.17. The summed E-state index contributed by atoms with van der Waals surface area (Å²) in [5.74, 6) is -1.11. The third-order valence-corrected chi connectivity index (χ3v) is 7.54. The Morgan fingerprint density at radius 2 is 1.88 bits per heavy atom. The van der Waals surface area contributed by atoms with Crippen molar-refractivity contribution < 1.29 is 58.2 Å². The van der Waals surface area contributed by atoms with Crippen molar-refractivity contribution >= 4 is 12.3 Å². The molecule has 33 heavy (non-hydrogen) atoms. The van der Waals surface area contributed by atoms with Gasteiger partial charge in [0.15, 0.2) is 12.3 Å². The molecule has 3 aliphatic heterocycles. The van der Waals surface area contributed by atoms with Crippen molar-refractivity contribution in [2.45, 2.75) is 68.9 Å². The highest BCUT2D eigenvalue weighted by atomic mass is 32.2. The van der Waals surface area contributed by atoms with Crippen LogP contribution in [-0.2, 0) is 32.5 Å². The van der Waals surface area contributed by atoms with Gasteiger partial charge >= 0.3 is 0 Å². The van der Waals surface area contributed by atoms with E-state index < -0.39 is 55.3 Å². The van der Waals surface area contributed by atoms with Crippen LogP contribution in [0.4, 0.5) is 0 Å². The first-order chi connectivity index (χ1) is 15.9. The summed E-state index contributed by atoms with van der Waals surface area (Å²) >= 11 is 0.222. The van der Waals surface area contributed by atoms with Crippen molar-refractivity contribution in [3.8, 4) is 0 Å². The summed E-state index contributed by atoms with van der Waals surface area (Å²) in [6, 6.07) is 0. The lowest BCUT2D eigenvalue weighted by Crippen LogP contribution is -2.59. The van der Waals surface area contributed by atoms with Gasteiger partial charge in [-0.2, -0.15) is 0 Å². The minimum Gasteiger partial charge on any atom is -0.691 e. The van der Waals surface area contributed by atoms with E-state index in [0.29, 0.717) is 26.1 Å². The Morgan fingerprint density at radius 3 is 2.55 bits per heavy atom. The second-order valence-corrected chi connectivity index (χ2v) is 9.46. The van der Waals surface area contributed by atoms with E-state index >= 15 is 0 Å². The lowest BCUT2D eigenvalue weighted by atomic mass is 9.72. The first-order valence-corrected chi connectivity index (χ1v) is 11.9. The van der Waals surface area contributed by atoms with Gasteiger partial charge in [0.25, 0.3) is 0 Å². The highest BCUT2D eigenvalue weighted by molar-refractivity contribution is 7.89. The van der Waals surface area contributed by atoms with Gasteiger partial charge in [0.1, 0.15) is 18.3 Å². The molecule has 13 heteroatoms. The summed E-state index contributed by atoms with van der Waals surface area (Å²) in [5.41, 5.74) is -0.520. The number of rotatable bonds is 11. The fraction of sp³-hybridized carbons (Fsp3) is 1.00. The molecule has 2 bridgehead atoms. The minimum absolute atomic E-state index is 0.0122. The summed E-state index contributed by atoms with van der Waals surface area (Å²) < 4.78 is 33.0. The van der Waals surface area contributed by atoms with Crippen LogP contribution in [0, 0.1) is 17.8 Å². The Morgan fingerprint density at radius 1 is 1.09 bits per heavy atom. The van der Waals surface area contributed by atoms with E-state index in [1.165, 1.54) is 0 Å². The van der Waals surface area contributed by atoms with Crippen LogP contribution in [0.15, 0.2) is 0 Å². The molecule has 3 rings (SSSR count). The maximum atomic E-state index is 10.8. The molecule has 3 saturated heterocycles. The molecule has 3 aliphatic rings. The molecular weight excluding hydrogens is 464 g/mol. The van der Waals surface area contributed by atoms with E-state index in [1.54, 1.807) is 0 Å². The van der Waals surface area contributed by atoms with E-state index in [1.807, 2.05) is 13.8 Å². The van der Waals surface area contributed by atoms with Crippen molar-refractivity contribution in [2.24, 2.45) is 17.8 Å². The van der Waals surface area contributed by atoms with E-state index in [0.717, 1.165) is 0 Å². The summed E-state index contributed by atoms with van der Waals surface area (Å²) in [6.45, 7) is 4.27. The van der Waals surface area contributed by atoms with Crippen molar-refractivity contribution in [1.82, 2.24) is 0 Å². The fourth-order valence-electron chi connectivity index (χ4n) is 5.19. The van der Waals surface area contributed by atoms with Gasteiger partial charge in [0.05, 0.1) is 56.9 Å². The molecule has 0 radical (unpaired) electrons. The van der Waals surface area contributed by atoms with Crippen LogP contribution < -0.4 is 5.26 Å². The molecule has 0 aliphatic carbocycles. The van der Waals surface area contributed by atoms with E-state index in [4.69, 9.17) is 23.1 Å². The second kappa shape index (κ2) is 12.7. The van der Waals surface area contributed by atoms with Gasteiger partial charge in [0, 0.05) is 24.4 Å².